The van der Waals surface area contributed by atoms with Crippen LogP contribution in [-0.4, -0.2) is 53.2 Å². The van der Waals surface area contributed by atoms with E-state index >= 15 is 0 Å². The van der Waals surface area contributed by atoms with Crippen molar-refractivity contribution >= 4 is 11.9 Å². The number of hydrogen-bond donors (Lipinski definition) is 4. The van der Waals surface area contributed by atoms with Crippen molar-refractivity contribution in [1.29, 1.82) is 0 Å². The van der Waals surface area contributed by atoms with Crippen LogP contribution < -0.4 is 16.8 Å². The van der Waals surface area contributed by atoms with Gasteiger partial charge in [-0.05, 0) is 6.92 Å². The molecule has 0 aliphatic carbocycles. The van der Waals surface area contributed by atoms with E-state index in [0.29, 0.717) is 0 Å². The normalized spacial score (nSPS) is 28.2. The Balaban J connectivity index is 2.78. The van der Waals surface area contributed by atoms with Crippen molar-refractivity contribution in [3.05, 3.63) is 0 Å². The van der Waals surface area contributed by atoms with Gasteiger partial charge in [-0.1, -0.05) is 0 Å². The Hall–Kier alpha value is -1.18. The third-order valence-corrected chi connectivity index (χ3v) is 2.33. The van der Waals surface area contributed by atoms with Gasteiger partial charge in [0, 0.05) is 12.6 Å². The zero-order valence-electron chi connectivity index (χ0n) is 8.51. The van der Waals surface area contributed by atoms with Gasteiger partial charge in [0.25, 0.3) is 0 Å². The van der Waals surface area contributed by atoms with Crippen LogP contribution in [-0.2, 0) is 9.59 Å². The Morgan fingerprint density at radius 1 is 1.73 bits per heavy atom. The van der Waals surface area contributed by atoms with Crippen molar-refractivity contribution in [1.82, 2.24) is 10.2 Å². The van der Waals surface area contributed by atoms with Gasteiger partial charge in [-0.2, -0.15) is 0 Å². The van der Waals surface area contributed by atoms with Gasteiger partial charge in [0.1, 0.15) is 12.6 Å². The second kappa shape index (κ2) is 4.56. The largest absolute Gasteiger partial charge is 0.480 e. The molecule has 1 saturated heterocycles. The maximum absolute atomic E-state index is 11.7. The van der Waals surface area contributed by atoms with E-state index in [9.17, 15) is 9.59 Å². The number of rotatable bonds is 4. The fourth-order valence-electron chi connectivity index (χ4n) is 1.63. The summed E-state index contributed by atoms with van der Waals surface area (Å²) in [5.74, 6) is -1.37. The minimum Gasteiger partial charge on any atom is -0.480 e. The van der Waals surface area contributed by atoms with Crippen molar-refractivity contribution < 1.29 is 14.7 Å². The zero-order chi connectivity index (χ0) is 11.6. The number of nitrogens with zero attached hydrogens (tertiary/aromatic N) is 1. The molecule has 0 saturated carbocycles. The van der Waals surface area contributed by atoms with E-state index in [-0.39, 0.29) is 25.0 Å². The summed E-state index contributed by atoms with van der Waals surface area (Å²) >= 11 is 0. The van der Waals surface area contributed by atoms with Crippen LogP contribution in [0.25, 0.3) is 0 Å². The van der Waals surface area contributed by atoms with E-state index < -0.39 is 18.2 Å². The summed E-state index contributed by atoms with van der Waals surface area (Å²) in [6.45, 7) is 1.49. The fraction of sp³-hybridized carbons (Fsp3) is 0.750. The Kier molecular flexibility index (Phi) is 3.61. The summed E-state index contributed by atoms with van der Waals surface area (Å²) in [5.41, 5.74) is 11.0. The summed E-state index contributed by atoms with van der Waals surface area (Å²) in [7, 11) is 0. The topological polar surface area (TPSA) is 122 Å². The molecule has 1 amide bonds. The Labute approximate surface area is 87.4 Å². The molecule has 6 N–H and O–H groups in total. The van der Waals surface area contributed by atoms with Gasteiger partial charge in [-0.25, -0.2) is 0 Å². The maximum Gasteiger partial charge on any atom is 0.323 e. The molecular formula is C8H16N4O3. The van der Waals surface area contributed by atoms with Crippen molar-refractivity contribution in [2.45, 2.75) is 25.2 Å². The van der Waals surface area contributed by atoms with Gasteiger partial charge in [0.05, 0.1) is 6.17 Å². The van der Waals surface area contributed by atoms with Crippen LogP contribution in [0.3, 0.4) is 0 Å². The Bertz CT molecular complexity index is 269. The molecule has 0 unspecified atom stereocenters. The van der Waals surface area contributed by atoms with Crippen molar-refractivity contribution in [3.8, 4) is 0 Å². The van der Waals surface area contributed by atoms with Crippen molar-refractivity contribution in [2.24, 2.45) is 11.5 Å². The number of hydrogen-bond acceptors (Lipinski definition) is 5. The smallest absolute Gasteiger partial charge is 0.323 e. The number of aliphatic carboxylic acids is 1. The fourth-order valence-corrected chi connectivity index (χ4v) is 1.63. The second-order valence-corrected chi connectivity index (χ2v) is 3.62. The SMILES string of the molecule is C[C@H](N)[C@H]1N[C@@H](CN)C(=O)N1CC(=O)O. The molecule has 1 heterocycles. The van der Waals surface area contributed by atoms with Gasteiger partial charge in [-0.15, -0.1) is 0 Å². The first-order valence-corrected chi connectivity index (χ1v) is 4.71. The van der Waals surface area contributed by atoms with Crippen LogP contribution in [0.5, 0.6) is 0 Å². The van der Waals surface area contributed by atoms with Crippen LogP contribution in [0.2, 0.25) is 0 Å². The molecule has 86 valence electrons. The molecule has 0 aromatic carbocycles. The van der Waals surface area contributed by atoms with E-state index in [1.54, 1.807) is 6.92 Å². The highest BCUT2D eigenvalue weighted by atomic mass is 16.4. The maximum atomic E-state index is 11.7. The molecule has 7 heteroatoms. The number of carboxylic acids is 1. The average molecular weight is 216 g/mol. The van der Waals surface area contributed by atoms with Crippen molar-refractivity contribution in [3.63, 3.8) is 0 Å². The van der Waals surface area contributed by atoms with Gasteiger partial charge >= 0.3 is 5.97 Å². The van der Waals surface area contributed by atoms with Crippen LogP contribution in [0.4, 0.5) is 0 Å². The summed E-state index contributed by atoms with van der Waals surface area (Å²) in [6, 6.07) is -0.870. The van der Waals surface area contributed by atoms with Crippen molar-refractivity contribution in [2.75, 3.05) is 13.1 Å². The summed E-state index contributed by atoms with van der Waals surface area (Å²) < 4.78 is 0. The first kappa shape index (κ1) is 11.9. The summed E-state index contributed by atoms with van der Waals surface area (Å²) in [6.07, 6.45) is -0.456. The lowest BCUT2D eigenvalue weighted by atomic mass is 10.2. The Morgan fingerprint density at radius 2 is 2.33 bits per heavy atom. The van der Waals surface area contributed by atoms with Crippen LogP contribution >= 0.6 is 0 Å². The molecular weight excluding hydrogens is 200 g/mol. The van der Waals surface area contributed by atoms with E-state index in [4.69, 9.17) is 16.6 Å². The molecule has 0 aromatic rings. The van der Waals surface area contributed by atoms with Gasteiger partial charge in [0.15, 0.2) is 0 Å². The lowest BCUT2D eigenvalue weighted by Gasteiger charge is -2.25. The van der Waals surface area contributed by atoms with Crippen LogP contribution in [0.15, 0.2) is 0 Å². The minimum absolute atomic E-state index is 0.137. The number of carbonyl (C=O) groups is 2. The van der Waals surface area contributed by atoms with Crippen LogP contribution in [0, 0.1) is 0 Å². The molecule has 0 spiro atoms. The highest BCUT2D eigenvalue weighted by Gasteiger charge is 2.40. The molecule has 1 aliphatic rings. The second-order valence-electron chi connectivity index (χ2n) is 3.62. The third kappa shape index (κ3) is 2.44. The van der Waals surface area contributed by atoms with E-state index in [2.05, 4.69) is 5.32 Å². The Morgan fingerprint density at radius 3 is 2.73 bits per heavy atom. The molecule has 1 fully saturated rings. The minimum atomic E-state index is -1.06. The lowest BCUT2D eigenvalue weighted by molar-refractivity contribution is -0.144. The molecule has 3 atom stereocenters. The van der Waals surface area contributed by atoms with Crippen LogP contribution in [0.1, 0.15) is 6.92 Å². The monoisotopic (exact) mass is 216 g/mol. The third-order valence-electron chi connectivity index (χ3n) is 2.33. The van der Waals surface area contributed by atoms with Gasteiger partial charge in [0.2, 0.25) is 5.91 Å². The first-order chi connectivity index (χ1) is 6.97. The standard InChI is InChI=1S/C8H16N4O3/c1-4(10)7-11-5(2-9)8(15)12(7)3-6(13)14/h4-5,7,11H,2-3,9-10H2,1H3,(H,13,14)/t4-,5-,7-/m0/s1. The lowest BCUT2D eigenvalue weighted by Crippen LogP contribution is -2.50. The highest BCUT2D eigenvalue weighted by molar-refractivity contribution is 5.87. The number of nitrogens with one attached hydrogen (secondary N) is 1. The number of nitrogens with two attached hydrogens (primary N) is 2. The molecule has 1 aliphatic heterocycles. The molecule has 0 radical (unpaired) electrons. The predicted molar refractivity (Wildman–Crippen MR) is 52.8 cm³/mol. The summed E-state index contributed by atoms with van der Waals surface area (Å²) in [4.78, 5) is 23.4. The molecule has 0 aromatic heterocycles. The quantitative estimate of drug-likeness (QED) is 0.412. The highest BCUT2D eigenvalue weighted by Crippen LogP contribution is 2.11. The van der Waals surface area contributed by atoms with Gasteiger partial charge in [-0.3, -0.25) is 14.9 Å². The van der Waals surface area contributed by atoms with E-state index in [1.165, 1.54) is 4.90 Å². The summed E-state index contributed by atoms with van der Waals surface area (Å²) in [5, 5.41) is 11.6. The molecule has 0 bridgehead atoms. The van der Waals surface area contributed by atoms with E-state index in [0.717, 1.165) is 0 Å². The van der Waals surface area contributed by atoms with Gasteiger partial charge < -0.3 is 21.5 Å². The number of carbonyl (C=O) groups excluding carboxylic acids is 1. The molecule has 7 nitrogen and oxygen atoms in total. The predicted octanol–water partition coefficient (Wildman–Crippen LogP) is -2.50. The zero-order valence-corrected chi connectivity index (χ0v) is 8.51. The number of carboxylic acid groups (broad SMARTS) is 1. The molecule has 15 heavy (non-hydrogen) atoms. The molecule has 1 rings (SSSR count). The number of amides is 1. The average Bonchev–Trinajstić information content (AvgIpc) is 2.43. The first-order valence-electron chi connectivity index (χ1n) is 4.71. The van der Waals surface area contributed by atoms with E-state index in [1.807, 2.05) is 0 Å².